The second-order valence-electron chi connectivity index (χ2n) is 3.47. The summed E-state index contributed by atoms with van der Waals surface area (Å²) in [6, 6.07) is 3.79. The number of rotatable bonds is 4. The van der Waals surface area contributed by atoms with E-state index in [0.717, 1.165) is 10.6 Å². The van der Waals surface area contributed by atoms with Crippen LogP contribution in [-0.4, -0.2) is 29.0 Å². The lowest BCUT2D eigenvalue weighted by molar-refractivity contribution is -0.136. The number of hydrogen-bond donors (Lipinski definition) is 0. The number of hydrogen-bond acceptors (Lipinski definition) is 4. The summed E-state index contributed by atoms with van der Waals surface area (Å²) in [5, 5.41) is 1.92. The van der Waals surface area contributed by atoms with Gasteiger partial charge in [-0.05, 0) is 24.1 Å². The minimum atomic E-state index is -0.157. The van der Waals surface area contributed by atoms with Crippen LogP contribution in [-0.2, 0) is 9.59 Å². The van der Waals surface area contributed by atoms with Crippen LogP contribution in [0.3, 0.4) is 0 Å². The number of amides is 2. The van der Waals surface area contributed by atoms with E-state index in [1.807, 2.05) is 31.4 Å². The summed E-state index contributed by atoms with van der Waals surface area (Å²) in [6.45, 7) is 4.23. The van der Waals surface area contributed by atoms with Crippen molar-refractivity contribution in [2.45, 2.75) is 13.8 Å². The highest BCUT2D eigenvalue weighted by atomic mass is 32.2. The summed E-state index contributed by atoms with van der Waals surface area (Å²) in [7, 11) is 0. The van der Waals surface area contributed by atoms with E-state index in [-0.39, 0.29) is 11.8 Å². The van der Waals surface area contributed by atoms with Crippen LogP contribution in [0.15, 0.2) is 22.4 Å². The zero-order valence-corrected chi connectivity index (χ0v) is 11.4. The Hall–Kier alpha value is -1.07. The molecule has 90 valence electrons. The number of carbonyl (C=O) groups excluding carboxylic acids is 2. The maximum absolute atomic E-state index is 12.2. The highest BCUT2D eigenvalue weighted by Gasteiger charge is 2.38. The molecule has 2 rings (SSSR count). The Balaban J connectivity index is 2.49. The van der Waals surface area contributed by atoms with Crippen LogP contribution < -0.4 is 0 Å². The Labute approximate surface area is 109 Å². The van der Waals surface area contributed by atoms with E-state index in [4.69, 9.17) is 0 Å². The van der Waals surface area contributed by atoms with Gasteiger partial charge in [-0.1, -0.05) is 13.0 Å². The molecular weight excluding hydrogens is 254 g/mol. The van der Waals surface area contributed by atoms with Crippen LogP contribution in [0.2, 0.25) is 0 Å². The summed E-state index contributed by atoms with van der Waals surface area (Å²) < 4.78 is 0. The Bertz CT molecular complexity index is 477. The lowest BCUT2D eigenvalue weighted by Gasteiger charge is -2.10. The molecule has 1 aliphatic rings. The van der Waals surface area contributed by atoms with E-state index in [1.165, 1.54) is 28.0 Å². The van der Waals surface area contributed by atoms with E-state index < -0.39 is 0 Å². The standard InChI is InChI=1S/C12H13NO2S2/c1-3-13-11(14)9(8-6-5-7-17-8)10(12(13)15)16-4-2/h5-7H,3-4H2,1-2H3. The lowest BCUT2D eigenvalue weighted by Crippen LogP contribution is -2.30. The molecule has 0 bridgehead atoms. The second kappa shape index (κ2) is 5.06. The minimum absolute atomic E-state index is 0.146. The molecule has 1 aliphatic heterocycles. The maximum atomic E-state index is 12.2. The summed E-state index contributed by atoms with van der Waals surface area (Å²) >= 11 is 2.95. The summed E-state index contributed by atoms with van der Waals surface area (Å²) in [6.07, 6.45) is 0. The smallest absolute Gasteiger partial charge is 0.268 e. The van der Waals surface area contributed by atoms with E-state index in [9.17, 15) is 9.59 Å². The van der Waals surface area contributed by atoms with Gasteiger partial charge in [0.05, 0.1) is 10.5 Å². The molecule has 1 aromatic rings. The van der Waals surface area contributed by atoms with Crippen LogP contribution in [0.1, 0.15) is 18.7 Å². The maximum Gasteiger partial charge on any atom is 0.268 e. The van der Waals surface area contributed by atoms with Crippen molar-refractivity contribution in [2.75, 3.05) is 12.3 Å². The number of carbonyl (C=O) groups is 2. The molecule has 2 amide bonds. The Kier molecular flexibility index (Phi) is 3.69. The normalized spacial score (nSPS) is 16.2. The van der Waals surface area contributed by atoms with Crippen LogP contribution in [0.25, 0.3) is 5.57 Å². The third-order valence-electron chi connectivity index (χ3n) is 2.50. The molecule has 0 fully saturated rings. The first-order valence-electron chi connectivity index (χ1n) is 5.47. The number of thioether (sulfide) groups is 1. The third kappa shape index (κ3) is 2.05. The van der Waals surface area contributed by atoms with Gasteiger partial charge in [0.1, 0.15) is 0 Å². The van der Waals surface area contributed by atoms with Gasteiger partial charge in [0.2, 0.25) is 0 Å². The van der Waals surface area contributed by atoms with E-state index >= 15 is 0 Å². The molecule has 0 unspecified atom stereocenters. The zero-order valence-electron chi connectivity index (χ0n) is 9.73. The van der Waals surface area contributed by atoms with Crippen molar-refractivity contribution < 1.29 is 9.59 Å². The average Bonchev–Trinajstić information content (AvgIpc) is 2.88. The molecule has 1 aromatic heterocycles. The molecular formula is C12H13NO2S2. The number of likely N-dealkylation sites (N-methyl/N-ethyl adjacent to an activating group) is 1. The molecule has 0 aliphatic carbocycles. The molecule has 17 heavy (non-hydrogen) atoms. The molecule has 0 radical (unpaired) electrons. The molecule has 2 heterocycles. The monoisotopic (exact) mass is 267 g/mol. The summed E-state index contributed by atoms with van der Waals surface area (Å²) in [4.78, 5) is 27.0. The third-order valence-corrected chi connectivity index (χ3v) is 4.34. The Morgan fingerprint density at radius 2 is 2.06 bits per heavy atom. The van der Waals surface area contributed by atoms with Crippen molar-refractivity contribution in [1.29, 1.82) is 0 Å². The highest BCUT2D eigenvalue weighted by molar-refractivity contribution is 8.04. The lowest BCUT2D eigenvalue weighted by atomic mass is 10.2. The summed E-state index contributed by atoms with van der Waals surface area (Å²) in [5.41, 5.74) is 0.582. The number of nitrogens with zero attached hydrogens (tertiary/aromatic N) is 1. The Morgan fingerprint density at radius 3 is 2.59 bits per heavy atom. The fraction of sp³-hybridized carbons (Fsp3) is 0.333. The average molecular weight is 267 g/mol. The quantitative estimate of drug-likeness (QED) is 0.787. The fourth-order valence-corrected chi connectivity index (χ4v) is 3.45. The van der Waals surface area contributed by atoms with Gasteiger partial charge in [0.15, 0.2) is 0 Å². The van der Waals surface area contributed by atoms with Crippen LogP contribution in [0.5, 0.6) is 0 Å². The van der Waals surface area contributed by atoms with Crippen LogP contribution in [0, 0.1) is 0 Å². The fourth-order valence-electron chi connectivity index (χ4n) is 1.76. The Morgan fingerprint density at radius 1 is 1.29 bits per heavy atom. The molecule has 0 saturated heterocycles. The van der Waals surface area contributed by atoms with Crippen LogP contribution >= 0.6 is 23.1 Å². The van der Waals surface area contributed by atoms with Gasteiger partial charge in [0, 0.05) is 11.4 Å². The van der Waals surface area contributed by atoms with Gasteiger partial charge < -0.3 is 0 Å². The minimum Gasteiger partial charge on any atom is -0.274 e. The predicted molar refractivity (Wildman–Crippen MR) is 71.8 cm³/mol. The molecule has 0 atom stereocenters. The van der Waals surface area contributed by atoms with Crippen molar-refractivity contribution in [3.05, 3.63) is 27.3 Å². The van der Waals surface area contributed by atoms with Crippen molar-refractivity contribution in [3.63, 3.8) is 0 Å². The largest absolute Gasteiger partial charge is 0.274 e. The second-order valence-corrected chi connectivity index (χ2v) is 5.69. The first-order valence-corrected chi connectivity index (χ1v) is 7.34. The van der Waals surface area contributed by atoms with Crippen LogP contribution in [0.4, 0.5) is 0 Å². The SMILES string of the molecule is CCSC1=C(c2cccs2)C(=O)N(CC)C1=O. The predicted octanol–water partition coefficient (Wildman–Crippen LogP) is 2.60. The van der Waals surface area contributed by atoms with E-state index in [2.05, 4.69) is 0 Å². The molecule has 0 saturated carbocycles. The molecule has 0 N–H and O–H groups in total. The molecule has 0 spiro atoms. The van der Waals surface area contributed by atoms with Crippen molar-refractivity contribution in [1.82, 2.24) is 4.90 Å². The molecule has 3 nitrogen and oxygen atoms in total. The van der Waals surface area contributed by atoms with Gasteiger partial charge in [-0.25, -0.2) is 0 Å². The number of imide groups is 1. The van der Waals surface area contributed by atoms with E-state index in [0.29, 0.717) is 17.0 Å². The van der Waals surface area contributed by atoms with Gasteiger partial charge in [-0.15, -0.1) is 23.1 Å². The van der Waals surface area contributed by atoms with Gasteiger partial charge >= 0.3 is 0 Å². The van der Waals surface area contributed by atoms with E-state index in [1.54, 1.807) is 0 Å². The van der Waals surface area contributed by atoms with Crippen molar-refractivity contribution >= 4 is 40.5 Å². The topological polar surface area (TPSA) is 37.4 Å². The first-order chi connectivity index (χ1) is 8.20. The van der Waals surface area contributed by atoms with Gasteiger partial charge in [0.25, 0.3) is 11.8 Å². The molecule has 0 aromatic carbocycles. The van der Waals surface area contributed by atoms with Gasteiger partial charge in [-0.2, -0.15) is 0 Å². The van der Waals surface area contributed by atoms with Gasteiger partial charge in [-0.3, -0.25) is 14.5 Å². The van der Waals surface area contributed by atoms with Crippen molar-refractivity contribution in [2.24, 2.45) is 0 Å². The highest BCUT2D eigenvalue weighted by Crippen LogP contribution is 2.37. The first kappa shape index (κ1) is 12.4. The number of thiophene rings is 1. The van der Waals surface area contributed by atoms with Crippen molar-refractivity contribution in [3.8, 4) is 0 Å². The zero-order chi connectivity index (χ0) is 12.4. The summed E-state index contributed by atoms with van der Waals surface area (Å²) in [5.74, 6) is 0.490. The molecule has 5 heteroatoms.